The van der Waals surface area contributed by atoms with E-state index in [9.17, 15) is 26.4 Å². The third-order valence-electron chi connectivity index (χ3n) is 4.01. The Morgan fingerprint density at radius 3 is 2.37 bits per heavy atom. The van der Waals surface area contributed by atoms with Crippen molar-refractivity contribution in [2.45, 2.75) is 17.1 Å². The van der Waals surface area contributed by atoms with Crippen LogP contribution < -0.4 is 5.73 Å². The maximum absolute atomic E-state index is 12.8. The summed E-state index contributed by atoms with van der Waals surface area (Å²) in [5, 5.41) is 0. The van der Waals surface area contributed by atoms with Crippen LogP contribution in [0.5, 0.6) is 0 Å². The molecular formula is C15H21ClF3N3O4S. The van der Waals surface area contributed by atoms with Crippen molar-refractivity contribution in [2.75, 3.05) is 39.9 Å². The summed E-state index contributed by atoms with van der Waals surface area (Å²) in [5.74, 6) is -0.358. The lowest BCUT2D eigenvalue weighted by atomic mass is 10.2. The number of ether oxygens (including phenoxy) is 1. The van der Waals surface area contributed by atoms with Gasteiger partial charge in [0.05, 0.1) is 17.1 Å². The summed E-state index contributed by atoms with van der Waals surface area (Å²) in [7, 11) is -2.68. The fourth-order valence-electron chi connectivity index (χ4n) is 2.62. The summed E-state index contributed by atoms with van der Waals surface area (Å²) >= 11 is 0. The largest absolute Gasteiger partial charge is 0.416 e. The first-order valence-electron chi connectivity index (χ1n) is 7.78. The number of methoxy groups -OCH3 is 1. The molecule has 0 radical (unpaired) electrons. The van der Waals surface area contributed by atoms with Crippen LogP contribution in [-0.4, -0.2) is 69.5 Å². The Morgan fingerprint density at radius 2 is 1.85 bits per heavy atom. The third kappa shape index (κ3) is 5.55. The van der Waals surface area contributed by atoms with Crippen molar-refractivity contribution in [3.05, 3.63) is 29.8 Å². The quantitative estimate of drug-likeness (QED) is 0.748. The van der Waals surface area contributed by atoms with Gasteiger partial charge in [-0.25, -0.2) is 8.42 Å². The summed E-state index contributed by atoms with van der Waals surface area (Å²) in [6.45, 7) is 0.207. The Kier molecular flexibility index (Phi) is 8.05. The molecule has 1 heterocycles. The van der Waals surface area contributed by atoms with Crippen molar-refractivity contribution in [3.63, 3.8) is 0 Å². The van der Waals surface area contributed by atoms with Gasteiger partial charge in [0, 0.05) is 33.3 Å². The fraction of sp³-hybridized carbons (Fsp3) is 0.533. The number of piperazine rings is 1. The molecule has 154 valence electrons. The second-order valence-corrected chi connectivity index (χ2v) is 7.75. The molecule has 1 saturated heterocycles. The molecule has 1 amide bonds. The lowest BCUT2D eigenvalue weighted by Crippen LogP contribution is -2.55. The Bertz CT molecular complexity index is 753. The van der Waals surface area contributed by atoms with Gasteiger partial charge in [0.25, 0.3) is 0 Å². The van der Waals surface area contributed by atoms with E-state index in [0.717, 1.165) is 22.5 Å². The molecular weight excluding hydrogens is 411 g/mol. The Labute approximate surface area is 161 Å². The van der Waals surface area contributed by atoms with E-state index in [1.165, 1.54) is 12.0 Å². The van der Waals surface area contributed by atoms with Gasteiger partial charge in [0.2, 0.25) is 15.9 Å². The van der Waals surface area contributed by atoms with Crippen molar-refractivity contribution >= 4 is 28.3 Å². The highest BCUT2D eigenvalue weighted by Gasteiger charge is 2.35. The predicted octanol–water partition coefficient (Wildman–Crippen LogP) is 0.934. The Morgan fingerprint density at radius 1 is 1.26 bits per heavy atom. The molecule has 1 aliphatic rings. The lowest BCUT2D eigenvalue weighted by molar-refractivity contribution is -0.138. The minimum atomic E-state index is -4.63. The first kappa shape index (κ1) is 23.6. The van der Waals surface area contributed by atoms with Crippen molar-refractivity contribution in [1.29, 1.82) is 0 Å². The normalized spacial score (nSPS) is 17.3. The maximum Gasteiger partial charge on any atom is 0.416 e. The van der Waals surface area contributed by atoms with E-state index in [4.69, 9.17) is 10.5 Å². The first-order valence-corrected chi connectivity index (χ1v) is 9.22. The van der Waals surface area contributed by atoms with Gasteiger partial charge in [-0.05, 0) is 18.2 Å². The van der Waals surface area contributed by atoms with Crippen LogP contribution in [0, 0.1) is 0 Å². The molecule has 1 aromatic rings. The predicted molar refractivity (Wildman–Crippen MR) is 93.9 cm³/mol. The molecule has 0 bridgehead atoms. The van der Waals surface area contributed by atoms with Crippen LogP contribution in [0.1, 0.15) is 5.56 Å². The minimum Gasteiger partial charge on any atom is -0.383 e. The van der Waals surface area contributed by atoms with Crippen molar-refractivity contribution in [2.24, 2.45) is 5.73 Å². The average Bonchev–Trinajstić information content (AvgIpc) is 2.61. The van der Waals surface area contributed by atoms with Gasteiger partial charge in [-0.15, -0.1) is 12.4 Å². The minimum absolute atomic E-state index is 0. The molecule has 0 aliphatic carbocycles. The van der Waals surface area contributed by atoms with E-state index in [0.29, 0.717) is 6.07 Å². The van der Waals surface area contributed by atoms with E-state index < -0.39 is 32.7 Å². The molecule has 12 heteroatoms. The SMILES string of the molecule is COCC(N)C(=O)N1CCN(S(=O)(=O)c2cccc(C(F)(F)F)c2)CC1.Cl. The highest BCUT2D eigenvalue weighted by atomic mass is 35.5. The summed E-state index contributed by atoms with van der Waals surface area (Å²) in [5.41, 5.74) is 4.64. The third-order valence-corrected chi connectivity index (χ3v) is 5.91. The number of sulfonamides is 1. The van der Waals surface area contributed by atoms with E-state index >= 15 is 0 Å². The van der Waals surface area contributed by atoms with Gasteiger partial charge in [0.1, 0.15) is 6.04 Å². The molecule has 0 saturated carbocycles. The second kappa shape index (κ2) is 9.20. The number of amides is 1. The lowest BCUT2D eigenvalue weighted by Gasteiger charge is -2.35. The highest BCUT2D eigenvalue weighted by molar-refractivity contribution is 7.89. The van der Waals surface area contributed by atoms with Crippen molar-refractivity contribution < 1.29 is 31.1 Å². The van der Waals surface area contributed by atoms with Gasteiger partial charge in [-0.3, -0.25) is 4.79 Å². The number of halogens is 4. The van der Waals surface area contributed by atoms with E-state index in [1.807, 2.05) is 0 Å². The number of benzene rings is 1. The smallest absolute Gasteiger partial charge is 0.383 e. The topological polar surface area (TPSA) is 92.9 Å². The number of nitrogens with zero attached hydrogens (tertiary/aromatic N) is 2. The molecule has 1 atom stereocenters. The molecule has 1 aliphatic heterocycles. The fourth-order valence-corrected chi connectivity index (χ4v) is 4.08. The highest BCUT2D eigenvalue weighted by Crippen LogP contribution is 2.31. The molecule has 2 N–H and O–H groups in total. The molecule has 27 heavy (non-hydrogen) atoms. The van der Waals surface area contributed by atoms with Gasteiger partial charge < -0.3 is 15.4 Å². The summed E-state index contributed by atoms with van der Waals surface area (Å²) in [6, 6.07) is 2.76. The number of rotatable bonds is 5. The monoisotopic (exact) mass is 431 g/mol. The zero-order chi connectivity index (χ0) is 19.5. The van der Waals surface area contributed by atoms with E-state index in [1.54, 1.807) is 0 Å². The number of carbonyl (C=O) groups is 1. The molecule has 1 aromatic carbocycles. The average molecular weight is 432 g/mol. The molecule has 1 unspecified atom stereocenters. The van der Waals surface area contributed by atoms with Crippen molar-refractivity contribution in [3.8, 4) is 0 Å². The van der Waals surface area contributed by atoms with Gasteiger partial charge in [-0.2, -0.15) is 17.5 Å². The standard InChI is InChI=1S/C15H20F3N3O4S.ClH/c1-25-10-13(19)14(22)20-5-7-21(8-6-20)26(23,24)12-4-2-3-11(9-12)15(16,17)18;/h2-4,9,13H,5-8,10,19H2,1H3;1H. The van der Waals surface area contributed by atoms with E-state index in [2.05, 4.69) is 0 Å². The van der Waals surface area contributed by atoms with Crippen LogP contribution in [0.4, 0.5) is 13.2 Å². The van der Waals surface area contributed by atoms with Gasteiger partial charge >= 0.3 is 6.18 Å². The van der Waals surface area contributed by atoms with Crippen LogP contribution in [0.15, 0.2) is 29.2 Å². The second-order valence-electron chi connectivity index (χ2n) is 5.82. The Balaban J connectivity index is 0.00000364. The molecule has 0 aromatic heterocycles. The zero-order valence-electron chi connectivity index (χ0n) is 14.5. The van der Waals surface area contributed by atoms with Crippen LogP contribution in [0.2, 0.25) is 0 Å². The summed E-state index contributed by atoms with van der Waals surface area (Å²) in [4.78, 5) is 13.1. The molecule has 1 fully saturated rings. The number of alkyl halides is 3. The van der Waals surface area contributed by atoms with Crippen LogP contribution in [0.3, 0.4) is 0 Å². The van der Waals surface area contributed by atoms with Crippen molar-refractivity contribution in [1.82, 2.24) is 9.21 Å². The summed E-state index contributed by atoms with van der Waals surface area (Å²) < 4.78 is 69.5. The van der Waals surface area contributed by atoms with Crippen LogP contribution in [0.25, 0.3) is 0 Å². The van der Waals surface area contributed by atoms with Gasteiger partial charge in [-0.1, -0.05) is 6.07 Å². The number of carbonyl (C=O) groups excluding carboxylic acids is 1. The Hall–Kier alpha value is -1.40. The number of hydrogen-bond donors (Lipinski definition) is 1. The summed E-state index contributed by atoms with van der Waals surface area (Å²) in [6.07, 6.45) is -4.63. The zero-order valence-corrected chi connectivity index (χ0v) is 16.1. The van der Waals surface area contributed by atoms with E-state index in [-0.39, 0.29) is 51.1 Å². The maximum atomic E-state index is 12.8. The molecule has 7 nitrogen and oxygen atoms in total. The van der Waals surface area contributed by atoms with Gasteiger partial charge in [0.15, 0.2) is 0 Å². The molecule has 0 spiro atoms. The number of nitrogens with two attached hydrogens (primary N) is 1. The molecule has 2 rings (SSSR count). The van der Waals surface area contributed by atoms with Crippen LogP contribution in [-0.2, 0) is 25.7 Å². The number of hydrogen-bond acceptors (Lipinski definition) is 5. The first-order chi connectivity index (χ1) is 12.1. The van der Waals surface area contributed by atoms with Crippen LogP contribution >= 0.6 is 12.4 Å².